The molecule has 17 heavy (non-hydrogen) atoms. The van der Waals surface area contributed by atoms with Crippen molar-refractivity contribution in [3.8, 4) is 0 Å². The van der Waals surface area contributed by atoms with E-state index in [1.807, 2.05) is 13.8 Å². The van der Waals surface area contributed by atoms with Gasteiger partial charge in [-0.05, 0) is 32.3 Å². The number of ketones is 1. The summed E-state index contributed by atoms with van der Waals surface area (Å²) in [7, 11) is 0. The van der Waals surface area contributed by atoms with Gasteiger partial charge in [0.1, 0.15) is 5.78 Å². The van der Waals surface area contributed by atoms with E-state index in [0.717, 1.165) is 0 Å². The Balaban J connectivity index is 2.57. The second-order valence-corrected chi connectivity index (χ2v) is 5.54. The highest BCUT2D eigenvalue weighted by atomic mass is 16.3. The van der Waals surface area contributed by atoms with Crippen LogP contribution in [0.25, 0.3) is 0 Å². The Morgan fingerprint density at radius 2 is 1.82 bits per heavy atom. The van der Waals surface area contributed by atoms with Crippen molar-refractivity contribution in [1.29, 1.82) is 0 Å². The third kappa shape index (κ3) is 5.14. The third-order valence-corrected chi connectivity index (χ3v) is 2.81. The second-order valence-electron chi connectivity index (χ2n) is 5.54. The smallest absolute Gasteiger partial charge is 0.136 e. The van der Waals surface area contributed by atoms with E-state index in [-0.39, 0.29) is 18.1 Å². The van der Waals surface area contributed by atoms with Crippen molar-refractivity contribution in [2.75, 3.05) is 0 Å². The van der Waals surface area contributed by atoms with E-state index in [4.69, 9.17) is 0 Å². The van der Waals surface area contributed by atoms with Gasteiger partial charge < -0.3 is 5.11 Å². The topological polar surface area (TPSA) is 37.3 Å². The monoisotopic (exact) mass is 234 g/mol. The number of carbonyl (C=O) groups is 1. The van der Waals surface area contributed by atoms with Gasteiger partial charge in [0.25, 0.3) is 0 Å². The van der Waals surface area contributed by atoms with Crippen LogP contribution in [0.2, 0.25) is 0 Å². The highest BCUT2D eigenvalue weighted by Gasteiger charge is 2.20. The molecule has 0 fully saturated rings. The molecule has 0 aromatic heterocycles. The Morgan fingerprint density at radius 1 is 1.29 bits per heavy atom. The maximum absolute atomic E-state index is 11.7. The van der Waals surface area contributed by atoms with Crippen molar-refractivity contribution in [3.63, 3.8) is 0 Å². The maximum Gasteiger partial charge on any atom is 0.136 e. The molecule has 0 radical (unpaired) electrons. The average Bonchev–Trinajstić information content (AvgIpc) is 2.15. The van der Waals surface area contributed by atoms with Crippen molar-refractivity contribution in [2.24, 2.45) is 0 Å². The van der Waals surface area contributed by atoms with E-state index in [9.17, 15) is 9.90 Å². The first kappa shape index (κ1) is 13.9. The normalized spacial score (nSPS) is 13.5. The zero-order valence-electron chi connectivity index (χ0n) is 11.2. The van der Waals surface area contributed by atoms with Gasteiger partial charge in [0.15, 0.2) is 0 Å². The molecule has 0 heterocycles. The van der Waals surface area contributed by atoms with E-state index in [1.54, 1.807) is 13.8 Å². The molecule has 1 atom stereocenters. The summed E-state index contributed by atoms with van der Waals surface area (Å²) in [5.41, 5.74) is 1.51. The molecular weight excluding hydrogens is 212 g/mol. The minimum Gasteiger partial charge on any atom is -0.390 e. The lowest BCUT2D eigenvalue weighted by Crippen LogP contribution is -2.23. The predicted molar refractivity (Wildman–Crippen MR) is 70.1 cm³/mol. The van der Waals surface area contributed by atoms with Crippen molar-refractivity contribution in [3.05, 3.63) is 35.4 Å². The number of benzene rings is 1. The molecule has 0 saturated heterocycles. The lowest BCUT2D eigenvalue weighted by Gasteiger charge is -2.17. The zero-order chi connectivity index (χ0) is 13.1. The molecule has 0 saturated carbocycles. The molecule has 1 aromatic carbocycles. The average molecular weight is 234 g/mol. The van der Waals surface area contributed by atoms with Crippen molar-refractivity contribution >= 4 is 5.78 Å². The quantitative estimate of drug-likeness (QED) is 0.849. The Labute approximate surface area is 104 Å². The molecule has 2 heteroatoms. The van der Waals surface area contributed by atoms with Crippen molar-refractivity contribution in [1.82, 2.24) is 0 Å². The van der Waals surface area contributed by atoms with Crippen LogP contribution in [0.5, 0.6) is 0 Å². The molecule has 0 aliphatic carbocycles. The summed E-state index contributed by atoms with van der Waals surface area (Å²) in [6.45, 7) is 7.43. The predicted octanol–water partition coefficient (Wildman–Crippen LogP) is 3.22. The summed E-state index contributed by atoms with van der Waals surface area (Å²) >= 11 is 0. The SMILES string of the molecule is Cc1ccc(C(C)CC(=O)CC(C)(C)O)cc1. The summed E-state index contributed by atoms with van der Waals surface area (Å²) in [4.78, 5) is 11.7. The number of hydrogen-bond acceptors (Lipinski definition) is 2. The van der Waals surface area contributed by atoms with Gasteiger partial charge in [-0.2, -0.15) is 0 Å². The van der Waals surface area contributed by atoms with E-state index >= 15 is 0 Å². The van der Waals surface area contributed by atoms with E-state index in [2.05, 4.69) is 24.3 Å². The number of rotatable bonds is 5. The first-order valence-corrected chi connectivity index (χ1v) is 6.08. The molecule has 1 N–H and O–H groups in total. The van der Waals surface area contributed by atoms with Crippen molar-refractivity contribution < 1.29 is 9.90 Å². The van der Waals surface area contributed by atoms with Gasteiger partial charge in [0, 0.05) is 12.8 Å². The fraction of sp³-hybridized carbons (Fsp3) is 0.533. The van der Waals surface area contributed by atoms with Gasteiger partial charge in [-0.25, -0.2) is 0 Å². The molecule has 1 rings (SSSR count). The second kappa shape index (κ2) is 5.46. The Bertz CT molecular complexity index is 371. The molecule has 1 aromatic rings. The van der Waals surface area contributed by atoms with Crippen LogP contribution in [-0.4, -0.2) is 16.5 Å². The summed E-state index contributed by atoms with van der Waals surface area (Å²) in [6.07, 6.45) is 0.719. The molecule has 1 unspecified atom stereocenters. The number of aliphatic hydroxyl groups is 1. The van der Waals surface area contributed by atoms with E-state index in [0.29, 0.717) is 6.42 Å². The Hall–Kier alpha value is -1.15. The highest BCUT2D eigenvalue weighted by molar-refractivity contribution is 5.80. The van der Waals surface area contributed by atoms with Gasteiger partial charge in [-0.15, -0.1) is 0 Å². The van der Waals surface area contributed by atoms with Crippen LogP contribution < -0.4 is 0 Å². The number of aryl methyl sites for hydroxylation is 1. The third-order valence-electron chi connectivity index (χ3n) is 2.81. The van der Waals surface area contributed by atoms with Crippen LogP contribution in [0.1, 0.15) is 50.7 Å². The first-order chi connectivity index (χ1) is 7.78. The molecule has 0 amide bonds. The van der Waals surface area contributed by atoms with Crippen LogP contribution in [0.15, 0.2) is 24.3 Å². The Morgan fingerprint density at radius 3 is 2.29 bits per heavy atom. The number of hydrogen-bond donors (Lipinski definition) is 1. The van der Waals surface area contributed by atoms with Crippen LogP contribution in [-0.2, 0) is 4.79 Å². The van der Waals surface area contributed by atoms with Gasteiger partial charge in [0.05, 0.1) is 5.60 Å². The number of carbonyl (C=O) groups excluding carboxylic acids is 1. The Kier molecular flexibility index (Phi) is 4.47. The fourth-order valence-electron chi connectivity index (χ4n) is 1.91. The summed E-state index contributed by atoms with van der Waals surface area (Å²) < 4.78 is 0. The lowest BCUT2D eigenvalue weighted by atomic mass is 9.91. The van der Waals surface area contributed by atoms with E-state index in [1.165, 1.54) is 11.1 Å². The largest absolute Gasteiger partial charge is 0.390 e. The molecule has 2 nitrogen and oxygen atoms in total. The summed E-state index contributed by atoms with van der Waals surface area (Å²) in [5, 5.41) is 9.59. The van der Waals surface area contributed by atoms with Gasteiger partial charge in [-0.3, -0.25) is 4.79 Å². The highest BCUT2D eigenvalue weighted by Crippen LogP contribution is 2.22. The maximum atomic E-state index is 11.7. The molecule has 0 aliphatic rings. The minimum atomic E-state index is -0.899. The van der Waals surface area contributed by atoms with Gasteiger partial charge in [0.2, 0.25) is 0 Å². The van der Waals surface area contributed by atoms with Crippen LogP contribution in [0.3, 0.4) is 0 Å². The summed E-state index contributed by atoms with van der Waals surface area (Å²) in [6, 6.07) is 8.26. The van der Waals surface area contributed by atoms with Crippen LogP contribution in [0, 0.1) is 6.92 Å². The van der Waals surface area contributed by atoms with Crippen LogP contribution in [0.4, 0.5) is 0 Å². The van der Waals surface area contributed by atoms with E-state index < -0.39 is 5.60 Å². The minimum absolute atomic E-state index is 0.116. The molecule has 94 valence electrons. The standard InChI is InChI=1S/C15H22O2/c1-11-5-7-13(8-6-11)12(2)9-14(16)10-15(3,4)17/h5-8,12,17H,9-10H2,1-4H3. The zero-order valence-corrected chi connectivity index (χ0v) is 11.2. The molecular formula is C15H22O2. The molecule has 0 bridgehead atoms. The fourth-order valence-corrected chi connectivity index (χ4v) is 1.91. The summed E-state index contributed by atoms with van der Waals surface area (Å²) in [5.74, 6) is 0.330. The van der Waals surface area contributed by atoms with Gasteiger partial charge >= 0.3 is 0 Å². The van der Waals surface area contributed by atoms with Gasteiger partial charge in [-0.1, -0.05) is 36.8 Å². The first-order valence-electron chi connectivity index (χ1n) is 6.08. The lowest BCUT2D eigenvalue weighted by molar-refractivity contribution is -0.123. The molecule has 0 spiro atoms. The molecule has 0 aliphatic heterocycles. The number of Topliss-reactive ketones (excluding diaryl/α,β-unsaturated/α-hetero) is 1. The van der Waals surface area contributed by atoms with Crippen LogP contribution >= 0.6 is 0 Å². The van der Waals surface area contributed by atoms with Crippen molar-refractivity contribution in [2.45, 2.75) is 52.1 Å².